The van der Waals surface area contributed by atoms with Gasteiger partial charge in [-0.2, -0.15) is 0 Å². The van der Waals surface area contributed by atoms with Crippen molar-refractivity contribution in [2.45, 2.75) is 122 Å². The molecule has 0 fully saturated rings. The van der Waals surface area contributed by atoms with Gasteiger partial charge in [-0.3, -0.25) is 0 Å². The van der Waals surface area contributed by atoms with Crippen LogP contribution in [0.2, 0.25) is 0 Å². The molecule has 0 aromatic heterocycles. The largest absolute Gasteiger partial charge is 0.457 e. The molecule has 0 aliphatic carbocycles. The third-order valence-corrected chi connectivity index (χ3v) is 5.37. The van der Waals surface area contributed by atoms with Gasteiger partial charge < -0.3 is 9.47 Å². The monoisotopic (exact) mass is 408 g/mol. The summed E-state index contributed by atoms with van der Waals surface area (Å²) >= 11 is 0. The third-order valence-electron chi connectivity index (χ3n) is 5.37. The molecule has 1 unspecified atom stereocenters. The number of hydrogen-bond donors (Lipinski definition) is 0. The fourth-order valence-corrected chi connectivity index (χ4v) is 3.59. The van der Waals surface area contributed by atoms with Crippen LogP contribution in [0.1, 0.15) is 116 Å². The van der Waals surface area contributed by atoms with E-state index in [0.717, 1.165) is 12.8 Å². The second kappa shape index (κ2) is 23.2. The molecular weight excluding hydrogens is 360 g/mol. The summed E-state index contributed by atoms with van der Waals surface area (Å²) in [6.45, 7) is 10.3. The van der Waals surface area contributed by atoms with E-state index in [2.05, 4.69) is 20.1 Å². The fraction of sp³-hybridized carbons (Fsp3) is 0.808. The number of esters is 1. The second-order valence-corrected chi connectivity index (χ2v) is 8.18. The molecule has 0 saturated carbocycles. The Morgan fingerprint density at radius 3 is 1.62 bits per heavy atom. The zero-order chi connectivity index (χ0) is 21.4. The molecular formula is C26H48O3. The number of hydrogen-bond acceptors (Lipinski definition) is 3. The minimum Gasteiger partial charge on any atom is -0.457 e. The molecule has 1 atom stereocenters. The molecule has 0 spiro atoms. The Morgan fingerprint density at radius 2 is 1.21 bits per heavy atom. The highest BCUT2D eigenvalue weighted by Crippen LogP contribution is 2.15. The third kappa shape index (κ3) is 21.4. The molecule has 0 aromatic carbocycles. The van der Waals surface area contributed by atoms with E-state index >= 15 is 0 Å². The van der Waals surface area contributed by atoms with Gasteiger partial charge in [0.1, 0.15) is 6.10 Å². The molecule has 0 aliphatic rings. The van der Waals surface area contributed by atoms with Gasteiger partial charge in [-0.25, -0.2) is 4.79 Å². The van der Waals surface area contributed by atoms with Crippen LogP contribution in [0.25, 0.3) is 0 Å². The predicted molar refractivity (Wildman–Crippen MR) is 125 cm³/mol. The maximum Gasteiger partial charge on any atom is 0.330 e. The van der Waals surface area contributed by atoms with E-state index in [1.54, 1.807) is 6.08 Å². The van der Waals surface area contributed by atoms with Crippen molar-refractivity contribution in [1.29, 1.82) is 0 Å². The van der Waals surface area contributed by atoms with Gasteiger partial charge in [0.15, 0.2) is 0 Å². The number of rotatable bonds is 23. The van der Waals surface area contributed by atoms with Crippen LogP contribution < -0.4 is 0 Å². The van der Waals surface area contributed by atoms with Crippen LogP contribution in [0, 0.1) is 0 Å². The van der Waals surface area contributed by atoms with Gasteiger partial charge in [-0.15, -0.1) is 6.58 Å². The minimum absolute atomic E-state index is 0.174. The van der Waals surface area contributed by atoms with Gasteiger partial charge in [0.05, 0.1) is 13.2 Å². The number of carbonyl (C=O) groups excluding carboxylic acids is 1. The Morgan fingerprint density at radius 1 is 0.759 bits per heavy atom. The summed E-state index contributed by atoms with van der Waals surface area (Å²) in [4.78, 5) is 11.4. The summed E-state index contributed by atoms with van der Waals surface area (Å²) < 4.78 is 10.8. The zero-order valence-electron chi connectivity index (χ0n) is 19.3. The molecule has 0 N–H and O–H groups in total. The Balaban J connectivity index is 3.43. The van der Waals surface area contributed by atoms with Crippen molar-refractivity contribution in [2.24, 2.45) is 0 Å². The average molecular weight is 409 g/mol. The number of carbonyl (C=O) groups is 1. The molecule has 0 aromatic rings. The average Bonchev–Trinajstić information content (AvgIpc) is 2.73. The van der Waals surface area contributed by atoms with E-state index in [9.17, 15) is 4.79 Å². The second-order valence-electron chi connectivity index (χ2n) is 8.18. The van der Waals surface area contributed by atoms with E-state index in [1.165, 1.54) is 102 Å². The van der Waals surface area contributed by atoms with Crippen LogP contribution in [0.3, 0.4) is 0 Å². The van der Waals surface area contributed by atoms with Crippen LogP contribution in [-0.4, -0.2) is 25.3 Å². The van der Waals surface area contributed by atoms with E-state index in [-0.39, 0.29) is 12.1 Å². The van der Waals surface area contributed by atoms with Crippen molar-refractivity contribution in [2.75, 3.05) is 13.2 Å². The summed E-state index contributed by atoms with van der Waals surface area (Å²) in [7, 11) is 0. The number of ether oxygens (including phenoxy) is 2. The van der Waals surface area contributed by atoms with Gasteiger partial charge in [-0.05, 0) is 12.8 Å². The van der Waals surface area contributed by atoms with Crippen LogP contribution >= 0.6 is 0 Å². The first-order valence-corrected chi connectivity index (χ1v) is 12.3. The number of unbranched alkanes of at least 4 members (excludes halogenated alkanes) is 15. The first-order valence-electron chi connectivity index (χ1n) is 12.3. The Hall–Kier alpha value is -1.09. The van der Waals surface area contributed by atoms with Gasteiger partial charge in [0.25, 0.3) is 0 Å². The van der Waals surface area contributed by atoms with Crippen LogP contribution in [0.4, 0.5) is 0 Å². The highest BCUT2D eigenvalue weighted by atomic mass is 16.6. The van der Waals surface area contributed by atoms with Crippen molar-refractivity contribution in [1.82, 2.24) is 0 Å². The highest BCUT2D eigenvalue weighted by Gasteiger charge is 2.12. The molecule has 3 heteroatoms. The lowest BCUT2D eigenvalue weighted by Crippen LogP contribution is -2.22. The van der Waals surface area contributed by atoms with Crippen molar-refractivity contribution in [3.05, 3.63) is 25.3 Å². The lowest BCUT2D eigenvalue weighted by atomic mass is 10.0. The zero-order valence-corrected chi connectivity index (χ0v) is 19.3. The van der Waals surface area contributed by atoms with Crippen LogP contribution in [-0.2, 0) is 14.3 Å². The first-order chi connectivity index (χ1) is 14.2. The van der Waals surface area contributed by atoms with E-state index in [1.807, 2.05) is 0 Å². The van der Waals surface area contributed by atoms with Gasteiger partial charge in [0, 0.05) is 6.08 Å². The van der Waals surface area contributed by atoms with Crippen molar-refractivity contribution in [3.8, 4) is 0 Å². The minimum atomic E-state index is -0.367. The summed E-state index contributed by atoms with van der Waals surface area (Å²) in [5.41, 5.74) is 0. The van der Waals surface area contributed by atoms with Crippen molar-refractivity contribution in [3.63, 3.8) is 0 Å². The molecule has 0 rings (SSSR count). The maximum atomic E-state index is 11.4. The summed E-state index contributed by atoms with van der Waals surface area (Å²) in [6, 6.07) is 0. The van der Waals surface area contributed by atoms with Crippen LogP contribution in [0.15, 0.2) is 25.3 Å². The molecule has 0 bridgehead atoms. The fourth-order valence-electron chi connectivity index (χ4n) is 3.59. The molecule has 3 nitrogen and oxygen atoms in total. The molecule has 0 saturated heterocycles. The van der Waals surface area contributed by atoms with Gasteiger partial charge in [0.2, 0.25) is 0 Å². The van der Waals surface area contributed by atoms with Gasteiger partial charge in [-0.1, -0.05) is 116 Å². The van der Waals surface area contributed by atoms with Gasteiger partial charge >= 0.3 is 5.97 Å². The van der Waals surface area contributed by atoms with Crippen molar-refractivity contribution >= 4 is 5.97 Å². The molecule has 29 heavy (non-hydrogen) atoms. The highest BCUT2D eigenvalue weighted by molar-refractivity contribution is 5.81. The first kappa shape index (κ1) is 27.9. The SMILES string of the molecule is C=CCOCC(CCCCCCCCCCCCCCCCCC)OC(=O)C=C. The molecule has 0 heterocycles. The quantitative estimate of drug-likeness (QED) is 0.0745. The molecule has 0 aliphatic heterocycles. The Kier molecular flexibility index (Phi) is 22.3. The molecule has 0 amide bonds. The predicted octanol–water partition coefficient (Wildman–Crippen LogP) is 7.94. The molecule has 170 valence electrons. The van der Waals surface area contributed by atoms with E-state index in [4.69, 9.17) is 9.47 Å². The standard InChI is InChI=1S/C26H48O3/c1-4-7-8-9-10-11-12-13-14-15-16-17-18-19-20-21-22-25(24-28-23-5-2)29-26(27)6-3/h5-6,25H,2-4,7-24H2,1H3. The topological polar surface area (TPSA) is 35.5 Å². The Labute approximate surface area is 181 Å². The van der Waals surface area contributed by atoms with E-state index in [0.29, 0.717) is 13.2 Å². The lowest BCUT2D eigenvalue weighted by molar-refractivity contribution is -0.146. The van der Waals surface area contributed by atoms with Crippen molar-refractivity contribution < 1.29 is 14.3 Å². The summed E-state index contributed by atoms with van der Waals surface area (Å²) in [5, 5.41) is 0. The van der Waals surface area contributed by atoms with Crippen LogP contribution in [0.5, 0.6) is 0 Å². The summed E-state index contributed by atoms with van der Waals surface area (Å²) in [5.74, 6) is -0.367. The smallest absolute Gasteiger partial charge is 0.330 e. The molecule has 0 radical (unpaired) electrons. The summed E-state index contributed by atoms with van der Waals surface area (Å²) in [6.07, 6.45) is 25.4. The lowest BCUT2D eigenvalue weighted by Gasteiger charge is -2.16. The maximum absolute atomic E-state index is 11.4. The Bertz CT molecular complexity index is 378. The van der Waals surface area contributed by atoms with E-state index < -0.39 is 0 Å². The normalized spacial score (nSPS) is 11.9.